The van der Waals surface area contributed by atoms with Crippen LogP contribution in [0, 0.1) is 6.92 Å². The standard InChI is InChI=1S/C17H28N4O3/c1-3-4-7-21-14(2)15(12-18-21)19-16(22)20-8-11-24-17(13-20)5-9-23-10-6-17/h12H,3-11,13H2,1-2H3,(H,19,22). The number of nitrogens with one attached hydrogen (secondary N) is 1. The summed E-state index contributed by atoms with van der Waals surface area (Å²) in [5.74, 6) is 0. The van der Waals surface area contributed by atoms with Gasteiger partial charge in [-0.15, -0.1) is 0 Å². The Hall–Kier alpha value is -1.60. The molecule has 3 rings (SSSR count). The third-order valence-electron chi connectivity index (χ3n) is 5.01. The number of urea groups is 1. The predicted molar refractivity (Wildman–Crippen MR) is 91.2 cm³/mol. The van der Waals surface area contributed by atoms with Gasteiger partial charge in [0.1, 0.15) is 0 Å². The minimum Gasteiger partial charge on any atom is -0.381 e. The molecule has 3 heterocycles. The average Bonchev–Trinajstić information content (AvgIpc) is 2.94. The van der Waals surface area contributed by atoms with Gasteiger partial charge in [0.2, 0.25) is 0 Å². The van der Waals surface area contributed by atoms with Crippen LogP contribution in [0.1, 0.15) is 38.3 Å². The maximum atomic E-state index is 12.7. The molecule has 7 heteroatoms. The Labute approximate surface area is 143 Å². The molecule has 0 saturated carbocycles. The van der Waals surface area contributed by atoms with Gasteiger partial charge in [-0.25, -0.2) is 4.79 Å². The first-order valence-corrected chi connectivity index (χ1v) is 8.93. The van der Waals surface area contributed by atoms with Gasteiger partial charge < -0.3 is 19.7 Å². The molecule has 7 nitrogen and oxygen atoms in total. The van der Waals surface area contributed by atoms with Gasteiger partial charge in [-0.1, -0.05) is 13.3 Å². The Morgan fingerprint density at radius 1 is 1.38 bits per heavy atom. The zero-order chi connectivity index (χ0) is 17.0. The van der Waals surface area contributed by atoms with E-state index in [1.165, 1.54) is 0 Å². The lowest BCUT2D eigenvalue weighted by molar-refractivity contribution is -0.144. The molecule has 0 unspecified atom stereocenters. The van der Waals surface area contributed by atoms with E-state index in [2.05, 4.69) is 17.3 Å². The average molecular weight is 336 g/mol. The molecule has 134 valence electrons. The second kappa shape index (κ2) is 7.53. The molecule has 24 heavy (non-hydrogen) atoms. The maximum Gasteiger partial charge on any atom is 0.322 e. The van der Waals surface area contributed by atoms with Gasteiger partial charge in [-0.3, -0.25) is 4.68 Å². The van der Waals surface area contributed by atoms with E-state index in [4.69, 9.17) is 9.47 Å². The first-order valence-electron chi connectivity index (χ1n) is 8.93. The summed E-state index contributed by atoms with van der Waals surface area (Å²) in [4.78, 5) is 14.5. The van der Waals surface area contributed by atoms with E-state index in [1.54, 1.807) is 6.20 Å². The van der Waals surface area contributed by atoms with E-state index in [0.29, 0.717) is 32.9 Å². The molecule has 0 radical (unpaired) electrons. The van der Waals surface area contributed by atoms with Crippen molar-refractivity contribution < 1.29 is 14.3 Å². The molecule has 1 aromatic heterocycles. The van der Waals surface area contributed by atoms with Crippen LogP contribution in [-0.2, 0) is 16.0 Å². The Bertz CT molecular complexity index is 561. The maximum absolute atomic E-state index is 12.7. The summed E-state index contributed by atoms with van der Waals surface area (Å²) in [6.07, 6.45) is 5.66. The fourth-order valence-electron chi connectivity index (χ4n) is 3.36. The topological polar surface area (TPSA) is 68.6 Å². The van der Waals surface area contributed by atoms with Crippen molar-refractivity contribution >= 4 is 11.7 Å². The number of rotatable bonds is 4. The van der Waals surface area contributed by atoms with Crippen molar-refractivity contribution in [1.29, 1.82) is 0 Å². The van der Waals surface area contributed by atoms with E-state index in [9.17, 15) is 4.79 Å². The van der Waals surface area contributed by atoms with Crippen molar-refractivity contribution in [1.82, 2.24) is 14.7 Å². The molecule has 0 atom stereocenters. The first kappa shape index (κ1) is 17.2. The number of anilines is 1. The second-order valence-electron chi connectivity index (χ2n) is 6.72. The number of carbonyl (C=O) groups is 1. The molecule has 2 fully saturated rings. The van der Waals surface area contributed by atoms with Crippen LogP contribution < -0.4 is 5.32 Å². The van der Waals surface area contributed by atoms with Crippen molar-refractivity contribution in [2.75, 3.05) is 38.2 Å². The Kier molecular flexibility index (Phi) is 5.40. The van der Waals surface area contributed by atoms with Gasteiger partial charge in [0.05, 0.1) is 36.3 Å². The number of amides is 2. The molecule has 0 aromatic carbocycles. The number of morpholine rings is 1. The number of hydrogen-bond donors (Lipinski definition) is 1. The second-order valence-corrected chi connectivity index (χ2v) is 6.72. The number of carbonyl (C=O) groups excluding carboxylic acids is 1. The van der Waals surface area contributed by atoms with Crippen LogP contribution in [0.3, 0.4) is 0 Å². The first-order chi connectivity index (χ1) is 11.6. The lowest BCUT2D eigenvalue weighted by Gasteiger charge is -2.44. The molecule has 1 spiro atoms. The lowest BCUT2D eigenvalue weighted by atomic mass is 9.92. The van der Waals surface area contributed by atoms with E-state index < -0.39 is 0 Å². The number of aromatic nitrogens is 2. The molecule has 2 aliphatic heterocycles. The highest BCUT2D eigenvalue weighted by molar-refractivity contribution is 5.89. The van der Waals surface area contributed by atoms with Crippen molar-refractivity contribution in [3.8, 4) is 0 Å². The molecular weight excluding hydrogens is 308 g/mol. The van der Waals surface area contributed by atoms with E-state index in [-0.39, 0.29) is 11.6 Å². The summed E-state index contributed by atoms with van der Waals surface area (Å²) in [6.45, 7) is 8.30. The van der Waals surface area contributed by atoms with E-state index in [1.807, 2.05) is 16.5 Å². The van der Waals surface area contributed by atoms with Crippen LogP contribution in [0.5, 0.6) is 0 Å². The van der Waals surface area contributed by atoms with Crippen LogP contribution in [0.15, 0.2) is 6.20 Å². The summed E-state index contributed by atoms with van der Waals surface area (Å²) in [5.41, 5.74) is 1.57. The molecule has 2 aliphatic rings. The zero-order valence-electron chi connectivity index (χ0n) is 14.7. The van der Waals surface area contributed by atoms with Gasteiger partial charge in [0.25, 0.3) is 0 Å². The quantitative estimate of drug-likeness (QED) is 0.917. The number of unbranched alkanes of at least 4 members (excludes halogenated alkanes) is 1. The number of nitrogens with zero attached hydrogens (tertiary/aromatic N) is 3. The third kappa shape index (κ3) is 3.72. The number of hydrogen-bond acceptors (Lipinski definition) is 4. The molecule has 1 aromatic rings. The van der Waals surface area contributed by atoms with Crippen LogP contribution >= 0.6 is 0 Å². The van der Waals surface area contributed by atoms with E-state index >= 15 is 0 Å². The summed E-state index contributed by atoms with van der Waals surface area (Å²) >= 11 is 0. The van der Waals surface area contributed by atoms with Gasteiger partial charge in [0.15, 0.2) is 0 Å². The van der Waals surface area contributed by atoms with Crippen molar-refractivity contribution in [2.45, 2.75) is 51.7 Å². The summed E-state index contributed by atoms with van der Waals surface area (Å²) in [6, 6.07) is -0.0673. The zero-order valence-corrected chi connectivity index (χ0v) is 14.7. The third-order valence-corrected chi connectivity index (χ3v) is 5.01. The molecule has 2 saturated heterocycles. The largest absolute Gasteiger partial charge is 0.381 e. The highest BCUT2D eigenvalue weighted by Gasteiger charge is 2.39. The van der Waals surface area contributed by atoms with Gasteiger partial charge >= 0.3 is 6.03 Å². The van der Waals surface area contributed by atoms with Crippen LogP contribution in [0.25, 0.3) is 0 Å². The van der Waals surface area contributed by atoms with Crippen LogP contribution in [0.2, 0.25) is 0 Å². The SMILES string of the molecule is CCCCn1ncc(NC(=O)N2CCOC3(CCOCC3)C2)c1C. The monoisotopic (exact) mass is 336 g/mol. The van der Waals surface area contributed by atoms with Crippen molar-refractivity contribution in [3.63, 3.8) is 0 Å². The highest BCUT2D eigenvalue weighted by atomic mass is 16.5. The van der Waals surface area contributed by atoms with Crippen molar-refractivity contribution in [3.05, 3.63) is 11.9 Å². The predicted octanol–water partition coefficient (Wildman–Crippen LogP) is 2.40. The molecule has 0 bridgehead atoms. The lowest BCUT2D eigenvalue weighted by Crippen LogP contribution is -2.56. The number of aryl methyl sites for hydroxylation is 1. The van der Waals surface area contributed by atoms with Crippen LogP contribution in [0.4, 0.5) is 10.5 Å². The van der Waals surface area contributed by atoms with Gasteiger partial charge in [-0.2, -0.15) is 5.10 Å². The smallest absolute Gasteiger partial charge is 0.322 e. The summed E-state index contributed by atoms with van der Waals surface area (Å²) in [5, 5.41) is 7.39. The highest BCUT2D eigenvalue weighted by Crippen LogP contribution is 2.29. The van der Waals surface area contributed by atoms with Gasteiger partial charge in [-0.05, 0) is 13.3 Å². The fourth-order valence-corrected chi connectivity index (χ4v) is 3.36. The van der Waals surface area contributed by atoms with E-state index in [0.717, 1.165) is 43.6 Å². The fraction of sp³-hybridized carbons (Fsp3) is 0.765. The molecule has 0 aliphatic carbocycles. The molecule has 1 N–H and O–H groups in total. The molecular formula is C17H28N4O3. The number of ether oxygens (including phenoxy) is 2. The summed E-state index contributed by atoms with van der Waals surface area (Å²) in [7, 11) is 0. The van der Waals surface area contributed by atoms with Gasteiger partial charge in [0, 0.05) is 39.1 Å². The van der Waals surface area contributed by atoms with Crippen LogP contribution in [-0.4, -0.2) is 59.2 Å². The normalized spacial score (nSPS) is 20.3. The summed E-state index contributed by atoms with van der Waals surface area (Å²) < 4.78 is 13.4. The Morgan fingerprint density at radius 3 is 2.92 bits per heavy atom. The Morgan fingerprint density at radius 2 is 2.17 bits per heavy atom. The Balaban J connectivity index is 1.61. The van der Waals surface area contributed by atoms with Crippen molar-refractivity contribution in [2.24, 2.45) is 0 Å². The minimum atomic E-state index is -0.228. The molecule has 2 amide bonds. The minimum absolute atomic E-state index is 0.0673.